The van der Waals surface area contributed by atoms with Gasteiger partial charge in [-0.05, 0) is 50.0 Å². The maximum atomic E-state index is 8.03. The molecule has 0 aliphatic carbocycles. The molecule has 0 radical (unpaired) electrons. The van der Waals surface area contributed by atoms with Gasteiger partial charge < -0.3 is 0 Å². The van der Waals surface area contributed by atoms with Crippen LogP contribution in [0.25, 0.3) is 0 Å². The minimum atomic E-state index is 0.813. The van der Waals surface area contributed by atoms with Crippen LogP contribution in [0.15, 0.2) is 20.0 Å². The molecule has 0 amide bonds. The predicted molar refractivity (Wildman–Crippen MR) is 160 cm³/mol. The second-order valence-corrected chi connectivity index (χ2v) is 10.9. The van der Waals surface area contributed by atoms with E-state index in [2.05, 4.69) is 20.0 Å². The lowest BCUT2D eigenvalue weighted by atomic mass is 11.3. The van der Waals surface area contributed by atoms with Crippen LogP contribution in [-0.2, 0) is 0 Å². The van der Waals surface area contributed by atoms with Crippen molar-refractivity contribution in [2.24, 2.45) is 20.0 Å². The summed E-state index contributed by atoms with van der Waals surface area (Å²) in [5.74, 6) is 0. The zero-order chi connectivity index (χ0) is 25.6. The fraction of sp³-hybridized carbons (Fsp3) is 0.500. The van der Waals surface area contributed by atoms with Gasteiger partial charge in [0.2, 0.25) is 24.8 Å². The van der Waals surface area contributed by atoms with Gasteiger partial charge in [-0.15, -0.1) is 94.1 Å². The van der Waals surface area contributed by atoms with E-state index in [4.69, 9.17) is 21.0 Å². The lowest BCUT2D eigenvalue weighted by molar-refractivity contribution is 1.45. The van der Waals surface area contributed by atoms with Crippen molar-refractivity contribution in [1.82, 2.24) is 0 Å². The monoisotopic (exact) mass is 584 g/mol. The first-order valence-corrected chi connectivity index (χ1v) is 17.4. The van der Waals surface area contributed by atoms with Gasteiger partial charge in [-0.3, -0.25) is 0 Å². The van der Waals surface area contributed by atoms with Crippen molar-refractivity contribution in [2.75, 3.05) is 50.0 Å². The summed E-state index contributed by atoms with van der Waals surface area (Å²) in [4.78, 5) is 14.0. The number of rotatable bonds is 0. The molecule has 0 rings (SSSR count). The quantitative estimate of drug-likeness (QED) is 0.181. The molecule has 0 fully saturated rings. The summed E-state index contributed by atoms with van der Waals surface area (Å²) in [6.07, 6.45) is 22.0. The van der Waals surface area contributed by atoms with Crippen molar-refractivity contribution in [3.63, 3.8) is 0 Å². The van der Waals surface area contributed by atoms with Gasteiger partial charge >= 0.3 is 0 Å². The Morgan fingerprint density at radius 3 is 0.531 bits per heavy atom. The molecule has 0 heterocycles. The predicted octanol–water partition coefficient (Wildman–Crippen LogP) is 6.20. The van der Waals surface area contributed by atoms with Gasteiger partial charge in [0.15, 0.2) is 0 Å². The van der Waals surface area contributed by atoms with Gasteiger partial charge in [-0.1, -0.05) is 0 Å². The maximum Gasteiger partial charge on any atom is 0.207 e. The van der Waals surface area contributed by atoms with Crippen LogP contribution in [-0.4, -0.2) is 67.5 Å². The molecule has 16 heteroatoms. The highest BCUT2D eigenvalue weighted by atomic mass is 32.2. The largest absolute Gasteiger partial charge is 0.207 e. The molecule has 176 valence electrons. The Morgan fingerprint density at radius 2 is 0.500 bits per heavy atom. The zero-order valence-electron chi connectivity index (χ0n) is 18.8. The highest BCUT2D eigenvalue weighted by molar-refractivity contribution is 8.39. The molecule has 0 aromatic rings. The van der Waals surface area contributed by atoms with Crippen LogP contribution in [0.3, 0.4) is 0 Å². The summed E-state index contributed by atoms with van der Waals surface area (Å²) in [5, 5.41) is 32.1. The molecule has 0 aromatic heterocycles. The molecule has 0 saturated heterocycles. The highest BCUT2D eigenvalue weighted by Crippen LogP contribution is 2.11. The van der Waals surface area contributed by atoms with Crippen molar-refractivity contribution in [1.29, 1.82) is 21.0 Å². The van der Waals surface area contributed by atoms with Crippen LogP contribution in [0, 0.1) is 45.8 Å². The first kappa shape index (κ1) is 38.7. The van der Waals surface area contributed by atoms with E-state index < -0.39 is 0 Å². The summed E-state index contributed by atoms with van der Waals surface area (Å²) in [7, 11) is 0. The van der Waals surface area contributed by atoms with Gasteiger partial charge in [0, 0.05) is 0 Å². The number of thioether (sulfide) groups is 8. The topological polar surface area (TPSA) is 145 Å². The molecule has 0 N–H and O–H groups in total. The van der Waals surface area contributed by atoms with Crippen LogP contribution in [0.1, 0.15) is 0 Å². The smallest absolute Gasteiger partial charge is 0.170 e. The minimum absolute atomic E-state index is 0.813. The molecule has 0 aromatic carbocycles. The van der Waals surface area contributed by atoms with E-state index in [1.54, 1.807) is 24.8 Å². The van der Waals surface area contributed by atoms with Crippen molar-refractivity contribution in [3.8, 4) is 24.8 Å². The van der Waals surface area contributed by atoms with Crippen LogP contribution in [0.2, 0.25) is 0 Å². The first-order chi connectivity index (χ1) is 15.4. The van der Waals surface area contributed by atoms with E-state index in [9.17, 15) is 0 Å². The number of hydrogen-bond acceptors (Lipinski definition) is 16. The fourth-order valence-electron chi connectivity index (χ4n) is 0.862. The van der Waals surface area contributed by atoms with Gasteiger partial charge in [0.1, 0.15) is 17.5 Å². The molecular weight excluding hydrogens is 561 g/mol. The molecule has 8 nitrogen and oxygen atoms in total. The normalized spacial score (nSPS) is 7.62. The summed E-state index contributed by atoms with van der Waals surface area (Å²) in [6, 6.07) is 0. The van der Waals surface area contributed by atoms with Crippen LogP contribution in [0.5, 0.6) is 0 Å². The molecule has 0 spiro atoms. The first-order valence-electron chi connectivity index (χ1n) is 7.58. The average Bonchev–Trinajstić information content (AvgIpc) is 2.84. The lowest BCUT2D eigenvalue weighted by Crippen LogP contribution is -1.77. The molecule has 32 heavy (non-hydrogen) atoms. The molecule has 0 aliphatic rings. The lowest BCUT2D eigenvalue weighted by Gasteiger charge is -1.88. The Bertz CT molecular complexity index is 602. The van der Waals surface area contributed by atoms with E-state index in [-0.39, 0.29) is 0 Å². The molecule has 0 aliphatic heterocycles. The van der Waals surface area contributed by atoms with E-state index >= 15 is 0 Å². The Balaban J connectivity index is -0.000000163. The number of hydrogen-bond donors (Lipinski definition) is 0. The summed E-state index contributed by atoms with van der Waals surface area (Å²) < 4.78 is 3.25. The van der Waals surface area contributed by atoms with Crippen LogP contribution in [0.4, 0.5) is 0 Å². The minimum Gasteiger partial charge on any atom is -0.170 e. The zero-order valence-corrected chi connectivity index (χ0v) is 25.4. The van der Waals surface area contributed by atoms with Crippen molar-refractivity contribution < 1.29 is 0 Å². The van der Waals surface area contributed by atoms with Crippen LogP contribution >= 0.6 is 94.1 Å². The van der Waals surface area contributed by atoms with E-state index in [1.807, 2.05) is 50.0 Å². The Hall–Kier alpha value is -0.560. The standard InChI is InChI=1S/4C4H6N2S2/c4*1-7-4(8-2)6-3-5/h4*1-2H3. The van der Waals surface area contributed by atoms with E-state index in [0.29, 0.717) is 0 Å². The Morgan fingerprint density at radius 1 is 0.375 bits per heavy atom. The molecule has 0 unspecified atom stereocenters. The second-order valence-electron chi connectivity index (χ2n) is 3.54. The van der Waals surface area contributed by atoms with Gasteiger partial charge in [-0.25, -0.2) is 0 Å². The third-order valence-corrected chi connectivity index (χ3v) is 9.49. The SMILES string of the molecule is CSC(=NC#N)SC.CSC(=NC#N)SC.CSC(=NC#N)SC.CSC(=NC#N)SC. The summed E-state index contributed by atoms with van der Waals surface area (Å²) >= 11 is 11.9. The van der Waals surface area contributed by atoms with Gasteiger partial charge in [0.25, 0.3) is 0 Å². The Kier molecular flexibility index (Phi) is 42.4. The summed E-state index contributed by atoms with van der Waals surface area (Å²) in [5.41, 5.74) is 0. The molecule has 0 saturated carbocycles. The molecular formula is C16H24N8S8. The fourth-order valence-corrected chi connectivity index (χ4v) is 4.59. The van der Waals surface area contributed by atoms with Crippen molar-refractivity contribution in [3.05, 3.63) is 0 Å². The van der Waals surface area contributed by atoms with Gasteiger partial charge in [-0.2, -0.15) is 41.0 Å². The van der Waals surface area contributed by atoms with Crippen molar-refractivity contribution >= 4 is 112 Å². The second kappa shape index (κ2) is 35.0. The van der Waals surface area contributed by atoms with Crippen LogP contribution < -0.4 is 0 Å². The third kappa shape index (κ3) is 31.6. The molecule has 0 bridgehead atoms. The van der Waals surface area contributed by atoms with Crippen molar-refractivity contribution in [2.45, 2.75) is 0 Å². The average molecular weight is 585 g/mol. The number of nitrogens with zero attached hydrogens (tertiary/aromatic N) is 8. The number of aliphatic imine (C=N–C) groups is 4. The van der Waals surface area contributed by atoms with Gasteiger partial charge in [0.05, 0.1) is 0 Å². The third-order valence-electron chi connectivity index (χ3n) is 1.96. The van der Waals surface area contributed by atoms with E-state index in [0.717, 1.165) is 17.5 Å². The maximum absolute atomic E-state index is 8.03. The highest BCUT2D eigenvalue weighted by Gasteiger charge is 1.90. The summed E-state index contributed by atoms with van der Waals surface area (Å²) in [6.45, 7) is 0. The molecule has 0 atom stereocenters. The Labute approximate surface area is 225 Å². The number of nitriles is 4. The van der Waals surface area contributed by atoms with E-state index in [1.165, 1.54) is 94.1 Å².